The van der Waals surface area contributed by atoms with Crippen LogP contribution in [0.15, 0.2) is 11.6 Å². The van der Waals surface area contributed by atoms with Crippen molar-refractivity contribution in [3.8, 4) is 0 Å². The number of allylic oxidation sites excluding steroid dienone is 2. The van der Waals surface area contributed by atoms with Crippen molar-refractivity contribution in [2.75, 3.05) is 5.88 Å². The van der Waals surface area contributed by atoms with E-state index in [1.165, 1.54) is 51.4 Å². The van der Waals surface area contributed by atoms with Gasteiger partial charge in [-0.05, 0) is 122 Å². The number of alkyl halides is 1. The lowest BCUT2D eigenvalue weighted by atomic mass is 9.46. The minimum absolute atomic E-state index is 0.0137. The zero-order chi connectivity index (χ0) is 28.5. The summed E-state index contributed by atoms with van der Waals surface area (Å²) in [6.07, 6.45) is 17.1. The van der Waals surface area contributed by atoms with Gasteiger partial charge in [0.1, 0.15) is 5.78 Å². The van der Waals surface area contributed by atoms with Gasteiger partial charge < -0.3 is 5.11 Å². The Bertz CT molecular complexity index is 910. The van der Waals surface area contributed by atoms with E-state index >= 15 is 0 Å². The minimum atomic E-state index is -0.738. The topological polar surface area (TPSA) is 54.4 Å². The lowest BCUT2D eigenvalue weighted by Gasteiger charge is -2.59. The molecule has 10 atom stereocenters. The predicted octanol–water partition coefficient (Wildman–Crippen LogP) is 9.57. The van der Waals surface area contributed by atoms with Crippen LogP contribution in [-0.2, 0) is 9.59 Å². The van der Waals surface area contributed by atoms with E-state index in [1.807, 2.05) is 0 Å². The zero-order valence-corrected chi connectivity index (χ0v) is 26.6. The quantitative estimate of drug-likeness (QED) is 0.191. The summed E-state index contributed by atoms with van der Waals surface area (Å²) in [5, 5.41) is 10.0. The zero-order valence-electron chi connectivity index (χ0n) is 25.8. The van der Waals surface area contributed by atoms with Crippen LogP contribution in [-0.4, -0.2) is 22.7 Å². The molecule has 0 heterocycles. The molecule has 3 nitrogen and oxygen atoms in total. The number of rotatable bonds is 12. The smallest absolute Gasteiger partial charge is 0.306 e. The van der Waals surface area contributed by atoms with Crippen molar-refractivity contribution < 1.29 is 14.7 Å². The third-order valence-electron chi connectivity index (χ3n) is 13.1. The maximum atomic E-state index is 12.2. The number of carboxylic acids is 1. The molecule has 3 fully saturated rings. The molecule has 0 bridgehead atoms. The Morgan fingerprint density at radius 3 is 2.41 bits per heavy atom. The molecule has 0 saturated heterocycles. The molecule has 222 valence electrons. The van der Waals surface area contributed by atoms with Crippen molar-refractivity contribution in [3.05, 3.63) is 11.6 Å². The number of carboxylic acid groups (broad SMARTS) is 1. The Morgan fingerprint density at radius 1 is 1.03 bits per heavy atom. The Balaban J connectivity index is 1.45. The maximum Gasteiger partial charge on any atom is 0.306 e. The van der Waals surface area contributed by atoms with Crippen LogP contribution in [0.3, 0.4) is 0 Å². The van der Waals surface area contributed by atoms with Gasteiger partial charge in [0.25, 0.3) is 0 Å². The first kappa shape index (κ1) is 31.1. The van der Waals surface area contributed by atoms with Gasteiger partial charge >= 0.3 is 5.97 Å². The summed E-state index contributed by atoms with van der Waals surface area (Å²) < 4.78 is 0. The molecule has 3 unspecified atom stereocenters. The van der Waals surface area contributed by atoms with Gasteiger partial charge in [0.2, 0.25) is 0 Å². The fourth-order valence-electron chi connectivity index (χ4n) is 10.6. The van der Waals surface area contributed by atoms with Crippen LogP contribution in [0.2, 0.25) is 0 Å². The fraction of sp³-hybridized carbons (Fsp3) is 0.886. The summed E-state index contributed by atoms with van der Waals surface area (Å²) in [4.78, 5) is 24.0. The van der Waals surface area contributed by atoms with E-state index < -0.39 is 11.9 Å². The van der Waals surface area contributed by atoms with E-state index in [4.69, 9.17) is 11.6 Å². The highest BCUT2D eigenvalue weighted by atomic mass is 35.5. The Hall–Kier alpha value is -0.830. The lowest BCUT2D eigenvalue weighted by molar-refractivity contribution is -0.145. The van der Waals surface area contributed by atoms with Crippen molar-refractivity contribution in [1.82, 2.24) is 0 Å². The van der Waals surface area contributed by atoms with E-state index in [9.17, 15) is 14.7 Å². The molecule has 39 heavy (non-hydrogen) atoms. The molecule has 0 amide bonds. The maximum absolute atomic E-state index is 12.2. The van der Waals surface area contributed by atoms with Crippen LogP contribution in [0.25, 0.3) is 0 Å². The van der Waals surface area contributed by atoms with E-state index in [-0.39, 0.29) is 29.4 Å². The van der Waals surface area contributed by atoms with E-state index in [0.29, 0.717) is 11.8 Å². The largest absolute Gasteiger partial charge is 0.481 e. The number of hydrogen-bond donors (Lipinski definition) is 1. The molecular weight excluding hydrogens is 504 g/mol. The second-order valence-electron chi connectivity index (χ2n) is 15.1. The van der Waals surface area contributed by atoms with Gasteiger partial charge in [-0.15, -0.1) is 11.6 Å². The molecule has 0 aromatic heterocycles. The minimum Gasteiger partial charge on any atom is -0.481 e. The second kappa shape index (κ2) is 12.6. The molecule has 4 aliphatic rings. The molecule has 3 saturated carbocycles. The number of halogens is 1. The summed E-state index contributed by atoms with van der Waals surface area (Å²) in [5.41, 5.74) is 2.26. The van der Waals surface area contributed by atoms with E-state index in [2.05, 4.69) is 47.6 Å². The molecular formula is C35H57ClO3. The first-order chi connectivity index (χ1) is 18.5. The van der Waals surface area contributed by atoms with Crippen LogP contribution in [0.1, 0.15) is 125 Å². The molecule has 4 rings (SSSR count). The SMILES string of the molecule is CCC(CCC(C)[C@H]1CC[C@H]2[C@@H]3CC=C4C[C@@H](C(CCC(=O)CCl)C(=O)O)CC[C@]4(C)[C@H]3CC[C@]12C)C(C)C. The van der Waals surface area contributed by atoms with E-state index in [1.54, 1.807) is 5.57 Å². The van der Waals surface area contributed by atoms with Crippen molar-refractivity contribution in [3.63, 3.8) is 0 Å². The van der Waals surface area contributed by atoms with Gasteiger partial charge in [0.15, 0.2) is 0 Å². The molecule has 4 heteroatoms. The van der Waals surface area contributed by atoms with Crippen molar-refractivity contribution in [2.45, 2.75) is 125 Å². The van der Waals surface area contributed by atoms with Gasteiger partial charge in [-0.25, -0.2) is 0 Å². The van der Waals surface area contributed by atoms with Crippen LogP contribution in [0.4, 0.5) is 0 Å². The number of Topliss-reactive ketones (excluding diaryl/α,β-unsaturated/α-hetero) is 1. The highest BCUT2D eigenvalue weighted by molar-refractivity contribution is 6.27. The third kappa shape index (κ3) is 6.05. The number of carbonyl (C=O) groups is 2. The molecule has 0 spiro atoms. The first-order valence-electron chi connectivity index (χ1n) is 16.5. The van der Waals surface area contributed by atoms with Crippen LogP contribution < -0.4 is 0 Å². The fourth-order valence-corrected chi connectivity index (χ4v) is 10.8. The number of aliphatic carboxylic acids is 1. The predicted molar refractivity (Wildman–Crippen MR) is 162 cm³/mol. The normalized spacial score (nSPS) is 38.3. The Labute approximate surface area is 244 Å². The van der Waals surface area contributed by atoms with Crippen molar-refractivity contribution in [2.24, 2.45) is 64.1 Å². The summed E-state index contributed by atoms with van der Waals surface area (Å²) in [7, 11) is 0. The van der Waals surface area contributed by atoms with E-state index in [0.717, 1.165) is 60.7 Å². The monoisotopic (exact) mass is 560 g/mol. The van der Waals surface area contributed by atoms with Gasteiger partial charge in [-0.3, -0.25) is 9.59 Å². The lowest BCUT2D eigenvalue weighted by Crippen LogP contribution is -2.51. The summed E-state index contributed by atoms with van der Waals surface area (Å²) >= 11 is 5.69. The average Bonchev–Trinajstić information content (AvgIpc) is 3.25. The van der Waals surface area contributed by atoms with Crippen molar-refractivity contribution >= 4 is 23.4 Å². The number of ketones is 1. The Kier molecular flexibility index (Phi) is 10.0. The Morgan fingerprint density at radius 2 is 1.77 bits per heavy atom. The standard InChI is InChI=1S/C35H57ClO3/c1-7-24(22(2)3)9-8-23(4)30-14-15-31-29-12-10-26-20-25(28(33(38)39)13-11-27(37)21-36)16-18-34(26,5)32(29)17-19-35(30,31)6/h10,22-25,28-32H,7-9,11-21H2,1-6H3,(H,38,39)/t23?,24?,25-,28?,29-,30+,31-,32-,34-,35+/m0/s1. The summed E-state index contributed by atoms with van der Waals surface area (Å²) in [5.74, 6) is 4.66. The van der Waals surface area contributed by atoms with Gasteiger partial charge in [0, 0.05) is 6.42 Å². The number of hydrogen-bond acceptors (Lipinski definition) is 2. The highest BCUT2D eigenvalue weighted by Gasteiger charge is 2.59. The van der Waals surface area contributed by atoms with Gasteiger partial charge in [-0.2, -0.15) is 0 Å². The second-order valence-corrected chi connectivity index (χ2v) is 15.4. The number of carbonyl (C=O) groups excluding carboxylic acids is 1. The van der Waals surface area contributed by atoms with Crippen LogP contribution >= 0.6 is 11.6 Å². The number of fused-ring (bicyclic) bond motifs is 5. The molecule has 4 aliphatic carbocycles. The molecule has 0 aliphatic heterocycles. The third-order valence-corrected chi connectivity index (χ3v) is 13.4. The van der Waals surface area contributed by atoms with Crippen LogP contribution in [0.5, 0.6) is 0 Å². The summed E-state index contributed by atoms with van der Waals surface area (Å²) in [6, 6.07) is 0. The molecule has 0 aromatic rings. The molecule has 0 radical (unpaired) electrons. The average molecular weight is 561 g/mol. The highest BCUT2D eigenvalue weighted by Crippen LogP contribution is 2.67. The van der Waals surface area contributed by atoms with Crippen LogP contribution in [0, 0.1) is 64.1 Å². The van der Waals surface area contributed by atoms with Crippen molar-refractivity contribution in [1.29, 1.82) is 0 Å². The first-order valence-corrected chi connectivity index (χ1v) is 17.0. The van der Waals surface area contributed by atoms with Gasteiger partial charge in [0.05, 0.1) is 11.8 Å². The summed E-state index contributed by atoms with van der Waals surface area (Å²) in [6.45, 7) is 14.9. The van der Waals surface area contributed by atoms with Gasteiger partial charge in [-0.1, -0.05) is 66.0 Å². The molecule has 0 aromatic carbocycles. The molecule has 1 N–H and O–H groups in total.